The molecular formula is C27H28ClN5O4. The Balaban J connectivity index is 1.52. The number of fused-ring (bicyclic) bond motifs is 1. The van der Waals surface area contributed by atoms with E-state index in [9.17, 15) is 14.7 Å². The summed E-state index contributed by atoms with van der Waals surface area (Å²) in [6.45, 7) is 0.580. The maximum Gasteiger partial charge on any atom is 0.330 e. The Morgan fingerprint density at radius 2 is 1.97 bits per heavy atom. The van der Waals surface area contributed by atoms with Gasteiger partial charge in [-0.25, -0.2) is 9.78 Å². The van der Waals surface area contributed by atoms with E-state index in [0.29, 0.717) is 59.7 Å². The van der Waals surface area contributed by atoms with Crippen molar-refractivity contribution in [2.45, 2.75) is 50.9 Å². The minimum Gasteiger partial charge on any atom is -0.495 e. The van der Waals surface area contributed by atoms with E-state index in [4.69, 9.17) is 16.3 Å². The van der Waals surface area contributed by atoms with Crippen LogP contribution in [0.4, 0.5) is 0 Å². The molecule has 1 amide bonds. The standard InChI is InChI=1S/C27H28ClN5O4/c1-37-24-9-4-17(11-22(24)28)16-32-23-12-19(26(35)31-14-18-3-2-10-29-13-18)15-30-25(23)33(27(32)36)20-5-7-21(34)8-6-20/h2-4,9-13,15,20-21,34H,5-8,14,16H2,1H3,(H,31,35). The largest absolute Gasteiger partial charge is 0.495 e. The molecule has 0 saturated heterocycles. The second-order valence-electron chi connectivity index (χ2n) is 9.28. The van der Waals surface area contributed by atoms with Crippen molar-refractivity contribution in [2.24, 2.45) is 0 Å². The summed E-state index contributed by atoms with van der Waals surface area (Å²) in [5.74, 6) is 0.258. The van der Waals surface area contributed by atoms with E-state index in [2.05, 4.69) is 15.3 Å². The van der Waals surface area contributed by atoms with Crippen molar-refractivity contribution in [3.63, 3.8) is 0 Å². The van der Waals surface area contributed by atoms with Gasteiger partial charge < -0.3 is 15.2 Å². The van der Waals surface area contributed by atoms with Crippen molar-refractivity contribution in [1.29, 1.82) is 0 Å². The fraction of sp³-hybridized carbons (Fsp3) is 0.333. The fourth-order valence-electron chi connectivity index (χ4n) is 4.85. The predicted molar refractivity (Wildman–Crippen MR) is 140 cm³/mol. The lowest BCUT2D eigenvalue weighted by molar-refractivity contribution is 0.0950. The normalized spacial score (nSPS) is 17.6. The van der Waals surface area contributed by atoms with Crippen LogP contribution in [0.1, 0.15) is 53.2 Å². The number of halogens is 1. The fourth-order valence-corrected chi connectivity index (χ4v) is 5.13. The van der Waals surface area contributed by atoms with Gasteiger partial charge in [-0.2, -0.15) is 0 Å². The van der Waals surface area contributed by atoms with Gasteiger partial charge in [-0.1, -0.05) is 23.7 Å². The first-order chi connectivity index (χ1) is 17.9. The minimum atomic E-state index is -0.343. The van der Waals surface area contributed by atoms with Gasteiger partial charge in [0.05, 0.1) is 35.9 Å². The van der Waals surface area contributed by atoms with Crippen molar-refractivity contribution in [3.05, 3.63) is 87.2 Å². The number of nitrogens with one attached hydrogen (secondary N) is 1. The molecule has 0 aliphatic heterocycles. The first-order valence-corrected chi connectivity index (χ1v) is 12.6. The molecule has 0 unspecified atom stereocenters. The summed E-state index contributed by atoms with van der Waals surface area (Å²) in [6, 6.07) is 10.7. The van der Waals surface area contributed by atoms with Crippen LogP contribution < -0.4 is 15.7 Å². The molecule has 0 bridgehead atoms. The average Bonchev–Trinajstić information content (AvgIpc) is 3.19. The molecule has 0 atom stereocenters. The van der Waals surface area contributed by atoms with Crippen LogP contribution in [0.15, 0.2) is 59.8 Å². The van der Waals surface area contributed by atoms with Crippen molar-refractivity contribution in [1.82, 2.24) is 24.4 Å². The Kier molecular flexibility index (Phi) is 7.25. The van der Waals surface area contributed by atoms with Crippen molar-refractivity contribution < 1.29 is 14.6 Å². The lowest BCUT2D eigenvalue weighted by Crippen LogP contribution is -2.31. The number of pyridine rings is 2. The van der Waals surface area contributed by atoms with Crippen LogP contribution in [-0.4, -0.2) is 43.3 Å². The van der Waals surface area contributed by atoms with E-state index in [1.165, 1.54) is 6.20 Å². The van der Waals surface area contributed by atoms with E-state index in [-0.39, 0.29) is 30.3 Å². The summed E-state index contributed by atoms with van der Waals surface area (Å²) in [5, 5.41) is 13.3. The number of aliphatic hydroxyl groups excluding tert-OH is 1. The summed E-state index contributed by atoms with van der Waals surface area (Å²) in [4.78, 5) is 35.3. The Bertz CT molecular complexity index is 1480. The predicted octanol–water partition coefficient (Wildman–Crippen LogP) is 3.71. The molecule has 1 fully saturated rings. The smallest absolute Gasteiger partial charge is 0.330 e. The second kappa shape index (κ2) is 10.7. The zero-order valence-corrected chi connectivity index (χ0v) is 21.2. The highest BCUT2D eigenvalue weighted by atomic mass is 35.5. The minimum absolute atomic E-state index is 0.0723. The summed E-state index contributed by atoms with van der Waals surface area (Å²) < 4.78 is 8.59. The second-order valence-corrected chi connectivity index (χ2v) is 9.69. The molecule has 3 heterocycles. The van der Waals surface area contributed by atoms with Crippen LogP contribution in [0.3, 0.4) is 0 Å². The van der Waals surface area contributed by atoms with Crippen LogP contribution in [0.5, 0.6) is 5.75 Å². The number of hydrogen-bond donors (Lipinski definition) is 2. The Labute approximate surface area is 218 Å². The zero-order chi connectivity index (χ0) is 25.9. The van der Waals surface area contributed by atoms with Crippen molar-refractivity contribution in [2.75, 3.05) is 7.11 Å². The molecule has 4 aromatic rings. The van der Waals surface area contributed by atoms with Gasteiger partial charge in [-0.05, 0) is 61.1 Å². The van der Waals surface area contributed by atoms with Crippen LogP contribution in [0.25, 0.3) is 11.2 Å². The molecule has 0 spiro atoms. The van der Waals surface area contributed by atoms with Gasteiger partial charge in [0, 0.05) is 31.2 Å². The van der Waals surface area contributed by atoms with Crippen LogP contribution in [0, 0.1) is 0 Å². The topological polar surface area (TPSA) is 111 Å². The van der Waals surface area contributed by atoms with Crippen molar-refractivity contribution in [3.8, 4) is 5.75 Å². The number of aromatic nitrogens is 4. The number of carbonyl (C=O) groups excluding carboxylic acids is 1. The highest BCUT2D eigenvalue weighted by Gasteiger charge is 2.27. The van der Waals surface area contributed by atoms with E-state index in [1.807, 2.05) is 18.2 Å². The summed E-state index contributed by atoms with van der Waals surface area (Å²) >= 11 is 6.34. The van der Waals surface area contributed by atoms with E-state index >= 15 is 0 Å². The molecule has 0 radical (unpaired) electrons. The molecule has 1 aromatic carbocycles. The quantitative estimate of drug-likeness (QED) is 0.383. The van der Waals surface area contributed by atoms with Gasteiger partial charge in [-0.3, -0.25) is 18.9 Å². The maximum atomic E-state index is 13.7. The first kappa shape index (κ1) is 25.0. The number of carbonyl (C=O) groups is 1. The monoisotopic (exact) mass is 521 g/mol. The third-order valence-electron chi connectivity index (χ3n) is 6.83. The van der Waals surface area contributed by atoms with Gasteiger partial charge in [0.25, 0.3) is 5.91 Å². The third-order valence-corrected chi connectivity index (χ3v) is 7.12. The Morgan fingerprint density at radius 1 is 1.16 bits per heavy atom. The highest BCUT2D eigenvalue weighted by molar-refractivity contribution is 6.32. The third kappa shape index (κ3) is 5.23. The Morgan fingerprint density at radius 3 is 2.68 bits per heavy atom. The van der Waals surface area contributed by atoms with Gasteiger partial charge in [0.2, 0.25) is 0 Å². The molecule has 1 saturated carbocycles. The van der Waals surface area contributed by atoms with Crippen LogP contribution in [0.2, 0.25) is 5.02 Å². The number of rotatable bonds is 7. The number of benzene rings is 1. The van der Waals surface area contributed by atoms with Crippen molar-refractivity contribution >= 4 is 28.7 Å². The molecule has 9 nitrogen and oxygen atoms in total. The van der Waals surface area contributed by atoms with Crippen LogP contribution in [-0.2, 0) is 13.1 Å². The summed E-state index contributed by atoms with van der Waals surface area (Å²) in [5.41, 5.74) is 2.94. The number of methoxy groups -OCH3 is 1. The van der Waals surface area contributed by atoms with Gasteiger partial charge in [0.1, 0.15) is 5.75 Å². The number of amides is 1. The van der Waals surface area contributed by atoms with Gasteiger partial charge >= 0.3 is 5.69 Å². The van der Waals surface area contributed by atoms with E-state index < -0.39 is 0 Å². The molecule has 37 heavy (non-hydrogen) atoms. The highest BCUT2D eigenvalue weighted by Crippen LogP contribution is 2.31. The summed E-state index contributed by atoms with van der Waals surface area (Å²) in [6.07, 6.45) is 7.16. The maximum absolute atomic E-state index is 13.7. The molecule has 1 aliphatic carbocycles. The van der Waals surface area contributed by atoms with E-state index in [1.54, 1.807) is 46.8 Å². The summed E-state index contributed by atoms with van der Waals surface area (Å²) in [7, 11) is 1.55. The zero-order valence-electron chi connectivity index (χ0n) is 20.4. The Hall–Kier alpha value is -3.69. The van der Waals surface area contributed by atoms with Gasteiger partial charge in [0.15, 0.2) is 5.65 Å². The first-order valence-electron chi connectivity index (χ1n) is 12.2. The van der Waals surface area contributed by atoms with Crippen LogP contribution >= 0.6 is 11.6 Å². The molecule has 10 heteroatoms. The molecule has 3 aromatic heterocycles. The number of ether oxygens (including phenoxy) is 1. The molecule has 192 valence electrons. The molecule has 2 N–H and O–H groups in total. The number of aliphatic hydroxyl groups is 1. The van der Waals surface area contributed by atoms with Gasteiger partial charge in [-0.15, -0.1) is 0 Å². The molecule has 5 rings (SSSR count). The SMILES string of the molecule is COc1ccc(Cn2c(=O)n(C3CCC(O)CC3)c3ncc(C(=O)NCc4cccnc4)cc32)cc1Cl. The number of hydrogen-bond acceptors (Lipinski definition) is 6. The molecule has 1 aliphatic rings. The number of imidazole rings is 1. The lowest BCUT2D eigenvalue weighted by Gasteiger charge is -2.26. The molecular weight excluding hydrogens is 494 g/mol. The lowest BCUT2D eigenvalue weighted by atomic mass is 9.93. The number of nitrogens with zero attached hydrogens (tertiary/aromatic N) is 4. The average molecular weight is 522 g/mol. The van der Waals surface area contributed by atoms with E-state index in [0.717, 1.165) is 11.1 Å².